The van der Waals surface area contributed by atoms with E-state index in [0.29, 0.717) is 5.82 Å². The minimum Gasteiger partial charge on any atom is -0.467 e. The molecule has 0 bridgehead atoms. The van der Waals surface area contributed by atoms with Crippen molar-refractivity contribution in [3.63, 3.8) is 0 Å². The van der Waals surface area contributed by atoms with Gasteiger partial charge in [0.25, 0.3) is 11.8 Å². The van der Waals surface area contributed by atoms with Gasteiger partial charge in [0.1, 0.15) is 12.3 Å². The lowest BCUT2D eigenvalue weighted by molar-refractivity contribution is -0.128. The molecule has 208 valence electrons. The zero-order valence-electron chi connectivity index (χ0n) is 21.6. The van der Waals surface area contributed by atoms with E-state index in [2.05, 4.69) is 20.7 Å². The van der Waals surface area contributed by atoms with E-state index in [0.717, 1.165) is 42.5 Å². The fraction of sp³-hybridized carbons (Fsp3) is 0.296. The Labute approximate surface area is 231 Å². The average molecular weight is 564 g/mol. The van der Waals surface area contributed by atoms with Crippen molar-refractivity contribution in [1.29, 1.82) is 0 Å². The quantitative estimate of drug-likeness (QED) is 0.314. The number of nitrogens with one attached hydrogen (secondary N) is 1. The highest BCUT2D eigenvalue weighted by atomic mass is 32.2. The molecule has 2 aromatic carbocycles. The van der Waals surface area contributed by atoms with E-state index >= 15 is 0 Å². The van der Waals surface area contributed by atoms with Crippen molar-refractivity contribution < 1.29 is 22.4 Å². The van der Waals surface area contributed by atoms with Crippen LogP contribution in [0, 0.1) is 0 Å². The number of primary sulfonamides is 1. The summed E-state index contributed by atoms with van der Waals surface area (Å²) in [7, 11) is -3.97. The molecule has 2 heterocycles. The van der Waals surface area contributed by atoms with Crippen molar-refractivity contribution in [1.82, 2.24) is 25.5 Å². The van der Waals surface area contributed by atoms with Gasteiger partial charge in [0, 0.05) is 17.3 Å². The summed E-state index contributed by atoms with van der Waals surface area (Å²) in [6.07, 6.45) is 6.25. The van der Waals surface area contributed by atoms with Gasteiger partial charge in [-0.1, -0.05) is 49.6 Å². The third-order valence-electron chi connectivity index (χ3n) is 6.74. The van der Waals surface area contributed by atoms with Crippen LogP contribution in [0.4, 0.5) is 5.69 Å². The fourth-order valence-corrected chi connectivity index (χ4v) is 5.31. The van der Waals surface area contributed by atoms with Crippen LogP contribution in [-0.4, -0.2) is 46.5 Å². The summed E-state index contributed by atoms with van der Waals surface area (Å²) >= 11 is 0. The molecule has 4 aromatic rings. The van der Waals surface area contributed by atoms with Crippen LogP contribution in [0.15, 0.2) is 82.3 Å². The molecule has 1 fully saturated rings. The van der Waals surface area contributed by atoms with Gasteiger partial charge in [0.15, 0.2) is 6.04 Å². The number of sulfonamides is 1. The number of hydrogen-bond donors (Lipinski definition) is 2. The van der Waals surface area contributed by atoms with Crippen LogP contribution in [-0.2, 0) is 26.2 Å². The van der Waals surface area contributed by atoms with E-state index < -0.39 is 27.9 Å². The Morgan fingerprint density at radius 3 is 2.40 bits per heavy atom. The van der Waals surface area contributed by atoms with Crippen molar-refractivity contribution >= 4 is 27.5 Å². The van der Waals surface area contributed by atoms with Gasteiger partial charge in [-0.15, -0.1) is 10.2 Å². The van der Waals surface area contributed by atoms with Crippen molar-refractivity contribution in [3.05, 3.63) is 78.8 Å². The minimum absolute atomic E-state index is 0.0224. The maximum atomic E-state index is 13.9. The van der Waals surface area contributed by atoms with Gasteiger partial charge in [-0.3, -0.25) is 14.5 Å². The highest BCUT2D eigenvalue weighted by Crippen LogP contribution is 2.30. The monoisotopic (exact) mass is 563 g/mol. The number of anilines is 1. The third-order valence-corrected chi connectivity index (χ3v) is 7.67. The maximum Gasteiger partial charge on any atom is 0.251 e. The first kappa shape index (κ1) is 27.2. The molecule has 13 heteroatoms. The minimum atomic E-state index is -3.97. The van der Waals surface area contributed by atoms with Gasteiger partial charge < -0.3 is 9.73 Å². The van der Waals surface area contributed by atoms with Crippen molar-refractivity contribution in [3.8, 4) is 11.4 Å². The molecule has 5 rings (SSSR count). The number of carbonyl (C=O) groups excluding carboxylic acids is 2. The molecule has 0 saturated heterocycles. The first-order valence-corrected chi connectivity index (χ1v) is 14.5. The zero-order chi connectivity index (χ0) is 28.1. The number of amides is 2. The smallest absolute Gasteiger partial charge is 0.251 e. The molecule has 40 heavy (non-hydrogen) atoms. The van der Waals surface area contributed by atoms with Gasteiger partial charge in [-0.25, -0.2) is 13.6 Å². The van der Waals surface area contributed by atoms with E-state index in [1.165, 1.54) is 35.4 Å². The molecule has 1 unspecified atom stereocenters. The standard InChI is InChI=1S/C27H29N7O5S/c28-40(37,38)22-15-13-21(14-16-22)34(24(35)18-33-31-26(30-32-33)19-8-3-1-4-9-19)25(23-12-7-17-39-23)27(36)29-20-10-5-2-6-11-20/h1,3-4,7-9,12-17,20,25H,2,5-6,10-11,18H2,(H,29,36)(H2,28,37,38). The fourth-order valence-electron chi connectivity index (χ4n) is 4.79. The maximum absolute atomic E-state index is 13.9. The SMILES string of the molecule is NS(=O)(=O)c1ccc(N(C(=O)Cn2nnc(-c3ccccc3)n2)C(C(=O)NC2CCCCC2)c2ccco2)cc1. The molecular formula is C27H29N7O5S. The molecule has 0 radical (unpaired) electrons. The summed E-state index contributed by atoms with van der Waals surface area (Å²) in [5.41, 5.74) is 0.998. The second-order valence-corrected chi connectivity index (χ2v) is 11.1. The highest BCUT2D eigenvalue weighted by Gasteiger charge is 2.36. The predicted octanol–water partition coefficient (Wildman–Crippen LogP) is 2.80. The molecule has 12 nitrogen and oxygen atoms in total. The second kappa shape index (κ2) is 11.8. The van der Waals surface area contributed by atoms with Crippen LogP contribution >= 0.6 is 0 Å². The number of nitrogens with zero attached hydrogens (tertiary/aromatic N) is 5. The first-order valence-electron chi connectivity index (χ1n) is 12.9. The van der Waals surface area contributed by atoms with Gasteiger partial charge >= 0.3 is 0 Å². The number of tetrazole rings is 1. The Kier molecular flexibility index (Phi) is 8.03. The summed E-state index contributed by atoms with van der Waals surface area (Å²) in [5.74, 6) is -0.369. The molecule has 0 aliphatic heterocycles. The lowest BCUT2D eigenvalue weighted by Crippen LogP contribution is -2.48. The van der Waals surface area contributed by atoms with Crippen molar-refractivity contribution in [2.75, 3.05) is 4.90 Å². The lowest BCUT2D eigenvalue weighted by atomic mass is 9.95. The van der Waals surface area contributed by atoms with Crippen molar-refractivity contribution in [2.45, 2.75) is 55.6 Å². The number of hydrogen-bond acceptors (Lipinski definition) is 8. The summed E-state index contributed by atoms with van der Waals surface area (Å²) in [6.45, 7) is -0.343. The lowest BCUT2D eigenvalue weighted by Gasteiger charge is -2.32. The van der Waals surface area contributed by atoms with E-state index in [9.17, 15) is 18.0 Å². The Morgan fingerprint density at radius 2 is 1.75 bits per heavy atom. The normalized spacial score (nSPS) is 14.9. The number of furan rings is 1. The van der Waals surface area contributed by atoms with Gasteiger partial charge in [-0.05, 0) is 54.5 Å². The number of benzene rings is 2. The van der Waals surface area contributed by atoms with E-state index in [1.807, 2.05) is 30.3 Å². The van der Waals surface area contributed by atoms with Gasteiger partial charge in [0.2, 0.25) is 15.8 Å². The number of carbonyl (C=O) groups is 2. The first-order chi connectivity index (χ1) is 19.3. The van der Waals surface area contributed by atoms with E-state index in [1.54, 1.807) is 12.1 Å². The molecule has 0 spiro atoms. The van der Waals surface area contributed by atoms with E-state index in [-0.39, 0.29) is 28.9 Å². The van der Waals surface area contributed by atoms with Gasteiger partial charge in [-0.2, -0.15) is 4.80 Å². The van der Waals surface area contributed by atoms with Crippen molar-refractivity contribution in [2.24, 2.45) is 5.14 Å². The Hall–Kier alpha value is -4.36. The third kappa shape index (κ3) is 6.26. The molecular weight excluding hydrogens is 534 g/mol. The summed E-state index contributed by atoms with van der Waals surface area (Å²) in [6, 6.07) is 16.7. The van der Waals surface area contributed by atoms with E-state index in [4.69, 9.17) is 9.56 Å². The molecule has 2 amide bonds. The van der Waals surface area contributed by atoms with Crippen LogP contribution in [0.3, 0.4) is 0 Å². The Bertz CT molecular complexity index is 1550. The summed E-state index contributed by atoms with van der Waals surface area (Å²) in [4.78, 5) is 29.9. The molecule has 1 aliphatic rings. The zero-order valence-corrected chi connectivity index (χ0v) is 22.4. The largest absolute Gasteiger partial charge is 0.467 e. The molecule has 1 aliphatic carbocycles. The predicted molar refractivity (Wildman–Crippen MR) is 145 cm³/mol. The summed E-state index contributed by atoms with van der Waals surface area (Å²) < 4.78 is 29.3. The van der Waals surface area contributed by atoms with Crippen LogP contribution in [0.2, 0.25) is 0 Å². The Morgan fingerprint density at radius 1 is 1.02 bits per heavy atom. The average Bonchev–Trinajstić information content (AvgIpc) is 3.65. The number of nitrogens with two attached hydrogens (primary N) is 1. The Balaban J connectivity index is 1.50. The summed E-state index contributed by atoms with van der Waals surface area (Å²) in [5, 5.41) is 20.8. The second-order valence-electron chi connectivity index (χ2n) is 9.57. The molecule has 3 N–H and O–H groups in total. The van der Waals surface area contributed by atoms with Crippen LogP contribution in [0.5, 0.6) is 0 Å². The van der Waals surface area contributed by atoms with Crippen LogP contribution in [0.25, 0.3) is 11.4 Å². The highest BCUT2D eigenvalue weighted by molar-refractivity contribution is 7.89. The van der Waals surface area contributed by atoms with Crippen LogP contribution in [0.1, 0.15) is 43.9 Å². The number of rotatable bonds is 9. The molecule has 2 aromatic heterocycles. The molecule has 1 atom stereocenters. The topological polar surface area (TPSA) is 166 Å². The molecule has 1 saturated carbocycles. The van der Waals surface area contributed by atoms with Crippen LogP contribution < -0.4 is 15.4 Å². The number of aromatic nitrogens is 4. The van der Waals surface area contributed by atoms with Gasteiger partial charge in [0.05, 0.1) is 11.2 Å².